The molecule has 0 saturated carbocycles. The average molecular weight is 362 g/mol. The highest BCUT2D eigenvalue weighted by molar-refractivity contribution is 7.15. The maximum atomic E-state index is 13.2. The van der Waals surface area contributed by atoms with Crippen molar-refractivity contribution in [3.05, 3.63) is 64.4 Å². The first-order valence-corrected chi connectivity index (χ1v) is 8.47. The third-order valence-corrected chi connectivity index (χ3v) is 4.47. The zero-order valence-electron chi connectivity index (χ0n) is 13.5. The summed E-state index contributed by atoms with van der Waals surface area (Å²) in [6.07, 6.45) is 6.60. The van der Waals surface area contributed by atoms with E-state index in [4.69, 9.17) is 0 Å². The second kappa shape index (κ2) is 7.52. The predicted molar refractivity (Wildman–Crippen MR) is 91.4 cm³/mol. The minimum atomic E-state index is -0.869. The number of hydrogen-bond donors (Lipinski definition) is 1. The summed E-state index contributed by atoms with van der Waals surface area (Å²) in [5.41, 5.74) is 1.65. The van der Waals surface area contributed by atoms with E-state index in [0.29, 0.717) is 30.0 Å². The lowest BCUT2D eigenvalue weighted by molar-refractivity contribution is -0.116. The van der Waals surface area contributed by atoms with Gasteiger partial charge in [0.2, 0.25) is 5.91 Å². The maximum Gasteiger partial charge on any atom is 0.226 e. The van der Waals surface area contributed by atoms with Crippen LogP contribution in [0.5, 0.6) is 0 Å². The molecule has 0 aliphatic rings. The van der Waals surface area contributed by atoms with E-state index in [1.54, 1.807) is 17.1 Å². The Labute approximate surface area is 147 Å². The summed E-state index contributed by atoms with van der Waals surface area (Å²) in [6.45, 7) is 0. The summed E-state index contributed by atoms with van der Waals surface area (Å²) in [4.78, 5) is 17.0. The van der Waals surface area contributed by atoms with Crippen LogP contribution in [0, 0.1) is 11.6 Å². The molecule has 2 heterocycles. The van der Waals surface area contributed by atoms with Crippen LogP contribution in [-0.2, 0) is 24.7 Å². The van der Waals surface area contributed by atoms with Crippen molar-refractivity contribution in [1.29, 1.82) is 0 Å². The molecule has 8 heteroatoms. The second-order valence-corrected chi connectivity index (χ2v) is 6.74. The van der Waals surface area contributed by atoms with Gasteiger partial charge in [-0.3, -0.25) is 9.48 Å². The molecule has 0 saturated heterocycles. The number of benzene rings is 1. The van der Waals surface area contributed by atoms with Crippen molar-refractivity contribution in [3.63, 3.8) is 0 Å². The Balaban J connectivity index is 1.53. The van der Waals surface area contributed by atoms with Gasteiger partial charge >= 0.3 is 0 Å². The average Bonchev–Trinajstić information content (AvgIpc) is 3.18. The van der Waals surface area contributed by atoms with E-state index in [2.05, 4.69) is 15.4 Å². The summed E-state index contributed by atoms with van der Waals surface area (Å²) >= 11 is 1.32. The van der Waals surface area contributed by atoms with E-state index in [-0.39, 0.29) is 5.91 Å². The number of hydrogen-bond acceptors (Lipinski definition) is 4. The highest BCUT2D eigenvalue weighted by atomic mass is 32.1. The fourth-order valence-corrected chi connectivity index (χ4v) is 3.20. The molecule has 3 aromatic rings. The van der Waals surface area contributed by atoms with Gasteiger partial charge in [0.15, 0.2) is 16.8 Å². The molecule has 130 valence electrons. The molecule has 0 atom stereocenters. The number of aryl methyl sites for hydroxylation is 2. The molecule has 0 bridgehead atoms. The first-order chi connectivity index (χ1) is 12.0. The Morgan fingerprint density at radius 1 is 1.24 bits per heavy atom. The van der Waals surface area contributed by atoms with Crippen molar-refractivity contribution in [2.75, 3.05) is 5.32 Å². The Morgan fingerprint density at radius 3 is 2.80 bits per heavy atom. The molecule has 1 N–H and O–H groups in total. The van der Waals surface area contributed by atoms with Gasteiger partial charge in [0.05, 0.1) is 6.20 Å². The van der Waals surface area contributed by atoms with Crippen molar-refractivity contribution in [3.8, 4) is 0 Å². The van der Waals surface area contributed by atoms with Crippen molar-refractivity contribution in [2.24, 2.45) is 7.05 Å². The van der Waals surface area contributed by atoms with Gasteiger partial charge in [0.1, 0.15) is 0 Å². The molecule has 2 aromatic heterocycles. The van der Waals surface area contributed by atoms with Crippen molar-refractivity contribution in [1.82, 2.24) is 14.8 Å². The van der Waals surface area contributed by atoms with Crippen LogP contribution in [-0.4, -0.2) is 20.7 Å². The summed E-state index contributed by atoms with van der Waals surface area (Å²) < 4.78 is 27.9. The fraction of sp³-hybridized carbons (Fsp3) is 0.235. The number of rotatable bonds is 6. The number of aromatic nitrogens is 3. The Bertz CT molecular complexity index is 890. The Kier molecular flexibility index (Phi) is 5.18. The van der Waals surface area contributed by atoms with Crippen LogP contribution in [0.1, 0.15) is 22.4 Å². The van der Waals surface area contributed by atoms with Crippen molar-refractivity contribution < 1.29 is 13.6 Å². The molecule has 0 aliphatic carbocycles. The molecule has 0 aliphatic heterocycles. The summed E-state index contributed by atoms with van der Waals surface area (Å²) in [5.74, 6) is -1.86. The Morgan fingerprint density at radius 2 is 2.08 bits per heavy atom. The quantitative estimate of drug-likeness (QED) is 0.732. The number of amides is 1. The van der Waals surface area contributed by atoms with Crippen LogP contribution in [0.3, 0.4) is 0 Å². The standard InChI is InChI=1S/C17H16F2N4OS/c1-23-10-12(8-21-23)3-5-16(24)22-17-20-9-13(25-17)6-11-2-4-14(18)15(19)7-11/h2,4,7-10H,3,5-6H2,1H3,(H,20,22,24). The molecule has 1 amide bonds. The minimum absolute atomic E-state index is 0.127. The largest absolute Gasteiger partial charge is 0.302 e. The molecular formula is C17H16F2N4OS. The molecule has 5 nitrogen and oxygen atoms in total. The molecule has 1 aromatic carbocycles. The lowest BCUT2D eigenvalue weighted by atomic mass is 10.1. The van der Waals surface area contributed by atoms with Crippen LogP contribution in [0.2, 0.25) is 0 Å². The third kappa shape index (κ3) is 4.69. The molecule has 0 unspecified atom stereocenters. The van der Waals surface area contributed by atoms with Crippen molar-refractivity contribution in [2.45, 2.75) is 19.3 Å². The van der Waals surface area contributed by atoms with Gasteiger partial charge in [0, 0.05) is 37.2 Å². The van der Waals surface area contributed by atoms with E-state index in [1.165, 1.54) is 23.5 Å². The number of nitrogens with one attached hydrogen (secondary N) is 1. The molecular weight excluding hydrogens is 346 g/mol. The predicted octanol–water partition coefficient (Wildman–Crippen LogP) is 3.32. The van der Waals surface area contributed by atoms with Gasteiger partial charge in [0.25, 0.3) is 0 Å². The lowest BCUT2D eigenvalue weighted by Crippen LogP contribution is -2.11. The summed E-state index contributed by atoms with van der Waals surface area (Å²) in [7, 11) is 1.83. The number of thiazole rings is 1. The zero-order valence-corrected chi connectivity index (χ0v) is 14.3. The van der Waals surface area contributed by atoms with Crippen LogP contribution in [0.15, 0.2) is 36.8 Å². The smallest absolute Gasteiger partial charge is 0.226 e. The molecule has 25 heavy (non-hydrogen) atoms. The zero-order chi connectivity index (χ0) is 17.8. The van der Waals surface area contributed by atoms with Gasteiger partial charge in [-0.2, -0.15) is 5.10 Å². The topological polar surface area (TPSA) is 59.8 Å². The normalized spacial score (nSPS) is 10.8. The number of anilines is 1. The second-order valence-electron chi connectivity index (χ2n) is 5.63. The van der Waals surface area contributed by atoms with Gasteiger partial charge in [-0.15, -0.1) is 11.3 Å². The number of nitrogens with zero attached hydrogens (tertiary/aromatic N) is 3. The highest BCUT2D eigenvalue weighted by Crippen LogP contribution is 2.22. The van der Waals surface area contributed by atoms with Gasteiger partial charge < -0.3 is 5.32 Å². The first-order valence-electron chi connectivity index (χ1n) is 7.65. The first kappa shape index (κ1) is 17.2. The van der Waals surface area contributed by atoms with Crippen LogP contribution < -0.4 is 5.32 Å². The molecule has 0 spiro atoms. The number of carbonyl (C=O) groups is 1. The third-order valence-electron chi connectivity index (χ3n) is 3.56. The maximum absolute atomic E-state index is 13.2. The lowest BCUT2D eigenvalue weighted by Gasteiger charge is -2.01. The van der Waals surface area contributed by atoms with Crippen LogP contribution >= 0.6 is 11.3 Å². The SMILES string of the molecule is Cn1cc(CCC(=O)Nc2ncc(Cc3ccc(F)c(F)c3)s2)cn1. The monoisotopic (exact) mass is 362 g/mol. The van der Waals surface area contributed by atoms with Crippen LogP contribution in [0.25, 0.3) is 0 Å². The van der Waals surface area contributed by atoms with E-state index in [9.17, 15) is 13.6 Å². The van der Waals surface area contributed by atoms with E-state index in [0.717, 1.165) is 16.5 Å². The van der Waals surface area contributed by atoms with Gasteiger partial charge in [-0.05, 0) is 29.7 Å². The van der Waals surface area contributed by atoms with E-state index >= 15 is 0 Å². The summed E-state index contributed by atoms with van der Waals surface area (Å²) in [5, 5.41) is 7.30. The fourth-order valence-electron chi connectivity index (χ4n) is 2.34. The molecule has 0 radical (unpaired) electrons. The van der Waals surface area contributed by atoms with Gasteiger partial charge in [-0.25, -0.2) is 13.8 Å². The van der Waals surface area contributed by atoms with Crippen molar-refractivity contribution >= 4 is 22.4 Å². The Hall–Kier alpha value is -2.61. The van der Waals surface area contributed by atoms with Gasteiger partial charge in [-0.1, -0.05) is 6.07 Å². The van der Waals surface area contributed by atoms with E-state index < -0.39 is 11.6 Å². The van der Waals surface area contributed by atoms with Crippen LogP contribution in [0.4, 0.5) is 13.9 Å². The summed E-state index contributed by atoms with van der Waals surface area (Å²) in [6, 6.07) is 3.80. The van der Waals surface area contributed by atoms with E-state index in [1.807, 2.05) is 13.2 Å². The number of halogens is 2. The number of carbonyl (C=O) groups excluding carboxylic acids is 1. The highest BCUT2D eigenvalue weighted by Gasteiger charge is 2.09. The minimum Gasteiger partial charge on any atom is -0.302 e. The molecule has 0 fully saturated rings. The molecule has 3 rings (SSSR count).